The van der Waals surface area contributed by atoms with Crippen molar-refractivity contribution >= 4 is 29.3 Å². The number of methoxy groups -OCH3 is 2. The zero-order valence-corrected chi connectivity index (χ0v) is 16.4. The van der Waals surface area contributed by atoms with Gasteiger partial charge in [0.15, 0.2) is 0 Å². The van der Waals surface area contributed by atoms with E-state index in [1.807, 2.05) is 49.4 Å². The van der Waals surface area contributed by atoms with Crippen LogP contribution in [0.2, 0.25) is 5.02 Å². The molecule has 0 aliphatic rings. The van der Waals surface area contributed by atoms with Crippen LogP contribution in [0.5, 0.6) is 11.5 Å². The number of carbonyl (C=O) groups excluding carboxylic acids is 1. The van der Waals surface area contributed by atoms with Gasteiger partial charge in [-0.1, -0.05) is 11.6 Å². The molecule has 0 N–H and O–H groups in total. The van der Waals surface area contributed by atoms with E-state index in [1.165, 1.54) is 11.8 Å². The second-order valence-corrected chi connectivity index (χ2v) is 7.44. The molecule has 0 saturated heterocycles. The van der Waals surface area contributed by atoms with Crippen molar-refractivity contribution in [3.8, 4) is 11.5 Å². The molecule has 1 atom stereocenters. The monoisotopic (exact) mass is 379 g/mol. The van der Waals surface area contributed by atoms with Gasteiger partial charge in [-0.05, 0) is 43.3 Å². The van der Waals surface area contributed by atoms with Gasteiger partial charge in [0.1, 0.15) is 11.5 Å². The fraction of sp³-hybridized carbons (Fsp3) is 0.316. The standard InChI is InChI=1S/C19H22ClNO3S/c1-13(25-17-9-6-15(20)7-10-17)19(22)21(2)12-14-5-8-16(23-3)11-18(14)24-4/h5-11,13H,12H2,1-4H3/t13-/m0/s1. The topological polar surface area (TPSA) is 38.8 Å². The molecular formula is C19H22ClNO3S. The van der Waals surface area contributed by atoms with Crippen LogP contribution in [0.25, 0.3) is 0 Å². The van der Waals surface area contributed by atoms with Gasteiger partial charge in [0.25, 0.3) is 0 Å². The van der Waals surface area contributed by atoms with Crippen molar-refractivity contribution in [1.29, 1.82) is 0 Å². The zero-order valence-electron chi connectivity index (χ0n) is 14.8. The van der Waals surface area contributed by atoms with Crippen LogP contribution >= 0.6 is 23.4 Å². The maximum absolute atomic E-state index is 12.7. The minimum atomic E-state index is -0.199. The first-order valence-electron chi connectivity index (χ1n) is 7.82. The molecule has 1 amide bonds. The third kappa shape index (κ3) is 5.31. The molecule has 0 fully saturated rings. The summed E-state index contributed by atoms with van der Waals surface area (Å²) in [5, 5.41) is 0.488. The lowest BCUT2D eigenvalue weighted by Gasteiger charge is -2.22. The Morgan fingerprint density at radius 2 is 1.84 bits per heavy atom. The normalized spacial score (nSPS) is 11.7. The van der Waals surface area contributed by atoms with E-state index < -0.39 is 0 Å². The van der Waals surface area contributed by atoms with Gasteiger partial charge in [-0.25, -0.2) is 0 Å². The van der Waals surface area contributed by atoms with Gasteiger partial charge in [0.2, 0.25) is 5.91 Å². The number of hydrogen-bond donors (Lipinski definition) is 0. The number of carbonyl (C=O) groups is 1. The number of thioether (sulfide) groups is 1. The number of ether oxygens (including phenoxy) is 2. The molecule has 134 valence electrons. The molecule has 0 spiro atoms. The van der Waals surface area contributed by atoms with Crippen molar-refractivity contribution in [2.45, 2.75) is 23.6 Å². The summed E-state index contributed by atoms with van der Waals surface area (Å²) >= 11 is 7.41. The second-order valence-electron chi connectivity index (χ2n) is 5.59. The molecule has 0 heterocycles. The number of amides is 1. The summed E-state index contributed by atoms with van der Waals surface area (Å²) in [5.41, 5.74) is 0.933. The molecule has 0 aliphatic heterocycles. The van der Waals surface area contributed by atoms with Gasteiger partial charge in [-0.15, -0.1) is 11.8 Å². The van der Waals surface area contributed by atoms with Crippen LogP contribution < -0.4 is 9.47 Å². The Kier molecular flexibility index (Phi) is 7.02. The van der Waals surface area contributed by atoms with Crippen molar-refractivity contribution in [2.24, 2.45) is 0 Å². The first-order valence-corrected chi connectivity index (χ1v) is 9.08. The van der Waals surface area contributed by atoms with Crippen LogP contribution in [-0.4, -0.2) is 37.3 Å². The number of halogens is 1. The van der Waals surface area contributed by atoms with Crippen LogP contribution in [0.3, 0.4) is 0 Å². The van der Waals surface area contributed by atoms with Crippen LogP contribution in [0.4, 0.5) is 0 Å². The largest absolute Gasteiger partial charge is 0.497 e. The maximum Gasteiger partial charge on any atom is 0.235 e. The first kappa shape index (κ1) is 19.5. The number of benzene rings is 2. The summed E-state index contributed by atoms with van der Waals surface area (Å²) in [7, 11) is 5.02. The average molecular weight is 380 g/mol. The lowest BCUT2D eigenvalue weighted by atomic mass is 10.1. The second kappa shape index (κ2) is 9.02. The van der Waals surface area contributed by atoms with Gasteiger partial charge in [-0.2, -0.15) is 0 Å². The fourth-order valence-electron chi connectivity index (χ4n) is 2.39. The summed E-state index contributed by atoms with van der Waals surface area (Å²) < 4.78 is 10.6. The molecular weight excluding hydrogens is 358 g/mol. The maximum atomic E-state index is 12.7. The van der Waals surface area contributed by atoms with E-state index in [1.54, 1.807) is 26.2 Å². The van der Waals surface area contributed by atoms with E-state index >= 15 is 0 Å². The lowest BCUT2D eigenvalue weighted by Crippen LogP contribution is -2.32. The Balaban J connectivity index is 2.03. The predicted octanol–water partition coefficient (Wildman–Crippen LogP) is 4.50. The zero-order chi connectivity index (χ0) is 18.4. The van der Waals surface area contributed by atoms with Crippen LogP contribution in [0, 0.1) is 0 Å². The molecule has 0 saturated carbocycles. The number of hydrogen-bond acceptors (Lipinski definition) is 4. The van der Waals surface area contributed by atoms with E-state index in [4.69, 9.17) is 21.1 Å². The van der Waals surface area contributed by atoms with Crippen LogP contribution in [0.15, 0.2) is 47.4 Å². The quantitative estimate of drug-likeness (QED) is 0.664. The molecule has 0 aliphatic carbocycles. The summed E-state index contributed by atoms with van der Waals surface area (Å²) in [6, 6.07) is 13.1. The highest BCUT2D eigenvalue weighted by Crippen LogP contribution is 2.28. The van der Waals surface area contributed by atoms with E-state index in [9.17, 15) is 4.79 Å². The van der Waals surface area contributed by atoms with Gasteiger partial charge in [0.05, 0.1) is 19.5 Å². The summed E-state index contributed by atoms with van der Waals surface area (Å²) in [6.45, 7) is 2.38. The minimum Gasteiger partial charge on any atom is -0.497 e. The van der Waals surface area contributed by atoms with Crippen molar-refractivity contribution < 1.29 is 14.3 Å². The molecule has 2 aromatic rings. The molecule has 6 heteroatoms. The van der Waals surface area contributed by atoms with E-state index in [-0.39, 0.29) is 11.2 Å². The van der Waals surface area contributed by atoms with Crippen molar-refractivity contribution in [2.75, 3.05) is 21.3 Å². The molecule has 4 nitrogen and oxygen atoms in total. The van der Waals surface area contributed by atoms with E-state index in [2.05, 4.69) is 0 Å². The minimum absolute atomic E-state index is 0.0535. The molecule has 2 aromatic carbocycles. The Hall–Kier alpha value is -1.85. The van der Waals surface area contributed by atoms with Crippen molar-refractivity contribution in [3.63, 3.8) is 0 Å². The molecule has 0 unspecified atom stereocenters. The van der Waals surface area contributed by atoms with Crippen LogP contribution in [-0.2, 0) is 11.3 Å². The van der Waals surface area contributed by atoms with Crippen LogP contribution in [0.1, 0.15) is 12.5 Å². The van der Waals surface area contributed by atoms with Gasteiger partial charge >= 0.3 is 0 Å². The van der Waals surface area contributed by atoms with Gasteiger partial charge < -0.3 is 14.4 Å². The number of nitrogens with zero attached hydrogens (tertiary/aromatic N) is 1. The van der Waals surface area contributed by atoms with Gasteiger partial charge in [0, 0.05) is 35.1 Å². The predicted molar refractivity (Wildman–Crippen MR) is 103 cm³/mol. The molecule has 0 bridgehead atoms. The Morgan fingerprint density at radius 3 is 2.44 bits per heavy atom. The molecule has 0 aromatic heterocycles. The Bertz CT molecular complexity index is 721. The SMILES string of the molecule is COc1ccc(CN(C)C(=O)[C@H](C)Sc2ccc(Cl)cc2)c(OC)c1. The molecule has 2 rings (SSSR count). The summed E-state index contributed by atoms with van der Waals surface area (Å²) in [5.74, 6) is 1.48. The molecule has 25 heavy (non-hydrogen) atoms. The molecule has 0 radical (unpaired) electrons. The third-order valence-corrected chi connectivity index (χ3v) is 5.10. The van der Waals surface area contributed by atoms with Crippen molar-refractivity contribution in [3.05, 3.63) is 53.1 Å². The highest BCUT2D eigenvalue weighted by Gasteiger charge is 2.20. The summed E-state index contributed by atoms with van der Waals surface area (Å²) in [4.78, 5) is 15.4. The fourth-order valence-corrected chi connectivity index (χ4v) is 3.50. The summed E-state index contributed by atoms with van der Waals surface area (Å²) in [6.07, 6.45) is 0. The third-order valence-electron chi connectivity index (χ3n) is 3.75. The van der Waals surface area contributed by atoms with Crippen molar-refractivity contribution in [1.82, 2.24) is 4.90 Å². The average Bonchev–Trinajstić information content (AvgIpc) is 2.63. The Morgan fingerprint density at radius 1 is 1.16 bits per heavy atom. The Labute approximate surface area is 158 Å². The van der Waals surface area contributed by atoms with E-state index in [0.717, 1.165) is 16.2 Å². The van der Waals surface area contributed by atoms with Gasteiger partial charge in [-0.3, -0.25) is 4.79 Å². The first-order chi connectivity index (χ1) is 11.9. The number of rotatable bonds is 7. The smallest absolute Gasteiger partial charge is 0.235 e. The lowest BCUT2D eigenvalue weighted by molar-refractivity contribution is -0.129. The highest BCUT2D eigenvalue weighted by atomic mass is 35.5. The highest BCUT2D eigenvalue weighted by molar-refractivity contribution is 8.00. The van der Waals surface area contributed by atoms with E-state index in [0.29, 0.717) is 17.3 Å².